The lowest BCUT2D eigenvalue weighted by atomic mass is 10.1. The molecule has 2 N–H and O–H groups in total. The standard InChI is InChI=1S/C15H21N5OS/c1-10(2)13-14(22-9-18-13)19-15(21)17-8-11-7-12(20(3)4)5-6-16-11/h5-7,9-10H,8H2,1-4H3,(H2,17,19,21). The molecule has 0 unspecified atom stereocenters. The Morgan fingerprint density at radius 1 is 1.36 bits per heavy atom. The van der Waals surface area contributed by atoms with Gasteiger partial charge in [0.25, 0.3) is 0 Å². The van der Waals surface area contributed by atoms with Crippen molar-refractivity contribution in [2.75, 3.05) is 24.3 Å². The average molecular weight is 319 g/mol. The second-order valence-corrected chi connectivity index (χ2v) is 6.28. The van der Waals surface area contributed by atoms with Crippen LogP contribution >= 0.6 is 11.3 Å². The minimum absolute atomic E-state index is 0.247. The molecule has 0 saturated carbocycles. The van der Waals surface area contributed by atoms with E-state index in [4.69, 9.17) is 0 Å². The van der Waals surface area contributed by atoms with Gasteiger partial charge in [0.15, 0.2) is 0 Å². The maximum absolute atomic E-state index is 12.0. The van der Waals surface area contributed by atoms with E-state index in [1.165, 1.54) is 11.3 Å². The fraction of sp³-hybridized carbons (Fsp3) is 0.400. The summed E-state index contributed by atoms with van der Waals surface area (Å²) in [5, 5.41) is 6.46. The van der Waals surface area contributed by atoms with Crippen molar-refractivity contribution < 1.29 is 4.79 Å². The zero-order chi connectivity index (χ0) is 16.1. The molecule has 0 aromatic carbocycles. The van der Waals surface area contributed by atoms with Crippen LogP contribution in [0.25, 0.3) is 0 Å². The van der Waals surface area contributed by atoms with Crippen LogP contribution in [0.3, 0.4) is 0 Å². The predicted molar refractivity (Wildman–Crippen MR) is 90.6 cm³/mol. The smallest absolute Gasteiger partial charge is 0.320 e. The molecule has 0 radical (unpaired) electrons. The fourth-order valence-electron chi connectivity index (χ4n) is 1.92. The molecule has 0 saturated heterocycles. The third kappa shape index (κ3) is 4.17. The van der Waals surface area contributed by atoms with E-state index >= 15 is 0 Å². The van der Waals surface area contributed by atoms with E-state index in [2.05, 4.69) is 34.4 Å². The molecule has 118 valence electrons. The van der Waals surface area contributed by atoms with Gasteiger partial charge in [0, 0.05) is 26.0 Å². The van der Waals surface area contributed by atoms with Crippen LogP contribution in [0.15, 0.2) is 23.8 Å². The molecular weight excluding hydrogens is 298 g/mol. The lowest BCUT2D eigenvalue weighted by Crippen LogP contribution is -2.28. The second kappa shape index (κ2) is 7.22. The van der Waals surface area contributed by atoms with Gasteiger partial charge < -0.3 is 10.2 Å². The summed E-state index contributed by atoms with van der Waals surface area (Å²) in [6.07, 6.45) is 1.74. The van der Waals surface area contributed by atoms with E-state index in [0.29, 0.717) is 6.54 Å². The molecule has 0 spiro atoms. The molecule has 0 aliphatic carbocycles. The van der Waals surface area contributed by atoms with Gasteiger partial charge in [-0.15, -0.1) is 11.3 Å². The molecule has 0 atom stereocenters. The summed E-state index contributed by atoms with van der Waals surface area (Å²) in [5.74, 6) is 0.278. The minimum Gasteiger partial charge on any atom is -0.378 e. The van der Waals surface area contributed by atoms with Gasteiger partial charge in [0.2, 0.25) is 0 Å². The zero-order valence-corrected chi connectivity index (χ0v) is 14.1. The van der Waals surface area contributed by atoms with Crippen LogP contribution in [-0.4, -0.2) is 30.1 Å². The van der Waals surface area contributed by atoms with Gasteiger partial charge in [-0.3, -0.25) is 10.3 Å². The van der Waals surface area contributed by atoms with E-state index in [9.17, 15) is 4.79 Å². The molecule has 6 nitrogen and oxygen atoms in total. The van der Waals surface area contributed by atoms with Gasteiger partial charge in [0.05, 0.1) is 23.4 Å². The zero-order valence-electron chi connectivity index (χ0n) is 13.3. The summed E-state index contributed by atoms with van der Waals surface area (Å²) in [4.78, 5) is 22.5. The van der Waals surface area contributed by atoms with Crippen LogP contribution < -0.4 is 15.5 Å². The van der Waals surface area contributed by atoms with Crippen LogP contribution in [0.5, 0.6) is 0 Å². The summed E-state index contributed by atoms with van der Waals surface area (Å²) in [6.45, 7) is 4.48. The molecule has 22 heavy (non-hydrogen) atoms. The Morgan fingerprint density at radius 3 is 2.82 bits per heavy atom. The summed E-state index contributed by atoms with van der Waals surface area (Å²) < 4.78 is 0. The maximum atomic E-state index is 12.0. The van der Waals surface area contributed by atoms with Crippen molar-refractivity contribution in [2.24, 2.45) is 0 Å². The lowest BCUT2D eigenvalue weighted by Gasteiger charge is -2.13. The van der Waals surface area contributed by atoms with Gasteiger partial charge in [-0.1, -0.05) is 13.8 Å². The largest absolute Gasteiger partial charge is 0.378 e. The normalized spacial score (nSPS) is 10.6. The highest BCUT2D eigenvalue weighted by Gasteiger charge is 2.12. The van der Waals surface area contributed by atoms with E-state index < -0.39 is 0 Å². The second-order valence-electron chi connectivity index (χ2n) is 5.43. The molecule has 2 amide bonds. The van der Waals surface area contributed by atoms with Crippen molar-refractivity contribution in [3.05, 3.63) is 35.2 Å². The van der Waals surface area contributed by atoms with Crippen molar-refractivity contribution in [2.45, 2.75) is 26.3 Å². The Bertz CT molecular complexity index is 638. The number of hydrogen-bond acceptors (Lipinski definition) is 5. The number of nitrogens with zero attached hydrogens (tertiary/aromatic N) is 3. The Labute approximate surface area is 134 Å². The Hall–Kier alpha value is -2.15. The topological polar surface area (TPSA) is 70.2 Å². The number of anilines is 2. The van der Waals surface area contributed by atoms with Crippen LogP contribution in [0, 0.1) is 0 Å². The van der Waals surface area contributed by atoms with E-state index in [1.807, 2.05) is 31.1 Å². The summed E-state index contributed by atoms with van der Waals surface area (Å²) in [7, 11) is 3.94. The molecule has 0 aliphatic heterocycles. The third-order valence-electron chi connectivity index (χ3n) is 3.12. The number of thiazole rings is 1. The van der Waals surface area contributed by atoms with Gasteiger partial charge in [-0.2, -0.15) is 0 Å². The van der Waals surface area contributed by atoms with Crippen molar-refractivity contribution >= 4 is 28.1 Å². The number of hydrogen-bond donors (Lipinski definition) is 2. The van der Waals surface area contributed by atoms with Crippen molar-refractivity contribution in [1.82, 2.24) is 15.3 Å². The number of pyridine rings is 1. The first kappa shape index (κ1) is 16.2. The molecule has 2 aromatic heterocycles. The molecule has 7 heteroatoms. The van der Waals surface area contributed by atoms with E-state index in [0.717, 1.165) is 22.1 Å². The molecule has 0 fully saturated rings. The first-order valence-corrected chi connectivity index (χ1v) is 7.96. The minimum atomic E-state index is -0.247. The number of carbonyl (C=O) groups excluding carboxylic acids is 1. The van der Waals surface area contributed by atoms with Crippen LogP contribution in [0.1, 0.15) is 31.2 Å². The molecule has 2 rings (SSSR count). The highest BCUT2D eigenvalue weighted by molar-refractivity contribution is 7.14. The molecular formula is C15H21N5OS. The van der Waals surface area contributed by atoms with Crippen molar-refractivity contribution in [3.63, 3.8) is 0 Å². The quantitative estimate of drug-likeness (QED) is 0.888. The maximum Gasteiger partial charge on any atom is 0.320 e. The number of rotatable bonds is 5. The Kier molecular flexibility index (Phi) is 5.32. The Balaban J connectivity index is 1.93. The fourth-order valence-corrected chi connectivity index (χ4v) is 2.75. The summed E-state index contributed by atoms with van der Waals surface area (Å²) in [6, 6.07) is 3.63. The van der Waals surface area contributed by atoms with Crippen LogP contribution in [-0.2, 0) is 6.54 Å². The van der Waals surface area contributed by atoms with Gasteiger partial charge in [0.1, 0.15) is 5.00 Å². The predicted octanol–water partition coefficient (Wildman–Crippen LogP) is 3.05. The number of nitrogens with one attached hydrogen (secondary N) is 2. The first-order chi connectivity index (χ1) is 10.5. The average Bonchev–Trinajstić information content (AvgIpc) is 2.93. The number of carbonyl (C=O) groups is 1. The summed E-state index contributed by atoms with van der Waals surface area (Å²) in [5.41, 5.74) is 4.52. The van der Waals surface area contributed by atoms with Crippen LogP contribution in [0.4, 0.5) is 15.5 Å². The molecule has 2 aromatic rings. The van der Waals surface area contributed by atoms with Gasteiger partial charge >= 0.3 is 6.03 Å². The monoisotopic (exact) mass is 319 g/mol. The van der Waals surface area contributed by atoms with Crippen molar-refractivity contribution in [3.8, 4) is 0 Å². The van der Waals surface area contributed by atoms with Crippen LogP contribution in [0.2, 0.25) is 0 Å². The third-order valence-corrected chi connectivity index (χ3v) is 3.87. The molecule has 0 bridgehead atoms. The lowest BCUT2D eigenvalue weighted by molar-refractivity contribution is 0.251. The SMILES string of the molecule is CC(C)c1ncsc1NC(=O)NCc1cc(N(C)C)ccn1. The number of aromatic nitrogens is 2. The van der Waals surface area contributed by atoms with E-state index in [-0.39, 0.29) is 11.9 Å². The first-order valence-electron chi connectivity index (χ1n) is 7.08. The summed E-state index contributed by atoms with van der Waals surface area (Å²) >= 11 is 1.43. The van der Waals surface area contributed by atoms with E-state index in [1.54, 1.807) is 11.7 Å². The van der Waals surface area contributed by atoms with Gasteiger partial charge in [-0.25, -0.2) is 9.78 Å². The highest BCUT2D eigenvalue weighted by Crippen LogP contribution is 2.26. The van der Waals surface area contributed by atoms with Gasteiger partial charge in [-0.05, 0) is 18.1 Å². The van der Waals surface area contributed by atoms with Crippen molar-refractivity contribution in [1.29, 1.82) is 0 Å². The molecule has 0 aliphatic rings. The Morgan fingerprint density at radius 2 is 2.14 bits per heavy atom. The number of urea groups is 1. The number of amides is 2. The molecule has 2 heterocycles. The highest BCUT2D eigenvalue weighted by atomic mass is 32.1.